The second-order valence-electron chi connectivity index (χ2n) is 3.64. The van der Waals surface area contributed by atoms with Crippen LogP contribution in [-0.4, -0.2) is 24.1 Å². The third-order valence-corrected chi connectivity index (χ3v) is 2.14. The van der Waals surface area contributed by atoms with Crippen LogP contribution in [0.5, 0.6) is 0 Å². The first-order valence-electron chi connectivity index (χ1n) is 5.58. The van der Waals surface area contributed by atoms with E-state index in [1.54, 1.807) is 13.8 Å². The minimum absolute atomic E-state index is 0.136. The molecule has 0 saturated heterocycles. The van der Waals surface area contributed by atoms with Crippen molar-refractivity contribution in [1.82, 2.24) is 0 Å². The zero-order chi connectivity index (χ0) is 12.6. The van der Waals surface area contributed by atoms with Gasteiger partial charge in [-0.2, -0.15) is 0 Å². The first kappa shape index (κ1) is 14.7. The summed E-state index contributed by atoms with van der Waals surface area (Å²) in [5, 5.41) is 0. The molecule has 0 aromatic heterocycles. The predicted octanol–water partition coefficient (Wildman–Crippen LogP) is 2.23. The van der Waals surface area contributed by atoms with Crippen LogP contribution in [0.4, 0.5) is 0 Å². The summed E-state index contributed by atoms with van der Waals surface area (Å²) in [4.78, 5) is 22.3. The molecule has 0 radical (unpaired) electrons. The van der Waals surface area contributed by atoms with Gasteiger partial charge in [0.2, 0.25) is 0 Å². The van der Waals surface area contributed by atoms with Gasteiger partial charge in [-0.1, -0.05) is 13.8 Å². The average molecular weight is 228 g/mol. The molecule has 0 aliphatic rings. The molecular weight excluding hydrogens is 208 g/mol. The molecule has 16 heavy (non-hydrogen) atoms. The van der Waals surface area contributed by atoms with Crippen LogP contribution < -0.4 is 0 Å². The van der Waals surface area contributed by atoms with Crippen molar-refractivity contribution < 1.29 is 19.1 Å². The van der Waals surface area contributed by atoms with Gasteiger partial charge in [-0.3, -0.25) is 0 Å². The maximum Gasteiger partial charge on any atom is 0.331 e. The summed E-state index contributed by atoms with van der Waals surface area (Å²) >= 11 is 0. The van der Waals surface area contributed by atoms with Gasteiger partial charge >= 0.3 is 11.9 Å². The fraction of sp³-hybridized carbons (Fsp3) is 0.667. The Morgan fingerprint density at radius 3 is 1.50 bits per heavy atom. The van der Waals surface area contributed by atoms with Gasteiger partial charge in [-0.15, -0.1) is 0 Å². The summed E-state index contributed by atoms with van der Waals surface area (Å²) in [6, 6.07) is 0. The number of esters is 2. The standard InChI is InChI=1S/C12H20O4/c1-5-9(3)15-11(13)7-8-12(14)16-10(4)6-2/h7-10H,5-6H2,1-4H3/b8-7-. The van der Waals surface area contributed by atoms with Gasteiger partial charge < -0.3 is 9.47 Å². The second kappa shape index (κ2) is 7.91. The van der Waals surface area contributed by atoms with Crippen LogP contribution in [-0.2, 0) is 19.1 Å². The van der Waals surface area contributed by atoms with E-state index in [1.165, 1.54) is 0 Å². The molecule has 0 N–H and O–H groups in total. The lowest BCUT2D eigenvalue weighted by atomic mass is 10.3. The van der Waals surface area contributed by atoms with E-state index < -0.39 is 11.9 Å². The van der Waals surface area contributed by atoms with Gasteiger partial charge in [0.05, 0.1) is 12.2 Å². The van der Waals surface area contributed by atoms with Crippen molar-refractivity contribution in [1.29, 1.82) is 0 Å². The van der Waals surface area contributed by atoms with Crippen molar-refractivity contribution in [3.8, 4) is 0 Å². The molecule has 2 atom stereocenters. The number of hydrogen-bond acceptors (Lipinski definition) is 4. The van der Waals surface area contributed by atoms with Crippen LogP contribution in [0, 0.1) is 0 Å². The van der Waals surface area contributed by atoms with Gasteiger partial charge in [0.1, 0.15) is 0 Å². The quantitative estimate of drug-likeness (QED) is 0.516. The van der Waals surface area contributed by atoms with Crippen LogP contribution in [0.1, 0.15) is 40.5 Å². The molecule has 0 saturated carbocycles. The Labute approximate surface area is 96.6 Å². The predicted molar refractivity (Wildman–Crippen MR) is 60.8 cm³/mol. The SMILES string of the molecule is CCC(C)OC(=O)/C=C\C(=O)OC(C)CC. The zero-order valence-corrected chi connectivity index (χ0v) is 10.4. The molecule has 0 aliphatic heterocycles. The Morgan fingerprint density at radius 2 is 1.25 bits per heavy atom. The molecule has 0 aromatic carbocycles. The molecule has 0 aromatic rings. The van der Waals surface area contributed by atoms with Crippen LogP contribution in [0.3, 0.4) is 0 Å². The topological polar surface area (TPSA) is 52.6 Å². The highest BCUT2D eigenvalue weighted by Gasteiger charge is 2.07. The fourth-order valence-electron chi connectivity index (χ4n) is 0.778. The Hall–Kier alpha value is -1.32. The summed E-state index contributed by atoms with van der Waals surface area (Å²) in [5.74, 6) is -1.04. The number of carbonyl (C=O) groups is 2. The maximum atomic E-state index is 11.2. The van der Waals surface area contributed by atoms with E-state index in [0.29, 0.717) is 0 Å². The molecule has 0 heterocycles. The monoisotopic (exact) mass is 228 g/mol. The Bertz CT molecular complexity index is 232. The molecule has 0 spiro atoms. The third-order valence-electron chi connectivity index (χ3n) is 2.14. The van der Waals surface area contributed by atoms with E-state index in [0.717, 1.165) is 25.0 Å². The lowest BCUT2D eigenvalue weighted by Gasteiger charge is -2.09. The molecule has 0 fully saturated rings. The van der Waals surface area contributed by atoms with Crippen LogP contribution in [0.25, 0.3) is 0 Å². The van der Waals surface area contributed by atoms with Crippen LogP contribution in [0.2, 0.25) is 0 Å². The van der Waals surface area contributed by atoms with Gasteiger partial charge in [-0.05, 0) is 26.7 Å². The maximum absolute atomic E-state index is 11.2. The smallest absolute Gasteiger partial charge is 0.331 e. The van der Waals surface area contributed by atoms with Gasteiger partial charge in [0.25, 0.3) is 0 Å². The van der Waals surface area contributed by atoms with Crippen LogP contribution >= 0.6 is 0 Å². The molecule has 4 heteroatoms. The van der Waals surface area contributed by atoms with E-state index in [4.69, 9.17) is 9.47 Å². The van der Waals surface area contributed by atoms with E-state index in [2.05, 4.69) is 0 Å². The van der Waals surface area contributed by atoms with E-state index >= 15 is 0 Å². The molecule has 0 aliphatic carbocycles. The van der Waals surface area contributed by atoms with E-state index in [9.17, 15) is 9.59 Å². The molecule has 2 unspecified atom stereocenters. The summed E-state index contributed by atoms with van der Waals surface area (Å²) in [6.45, 7) is 7.42. The van der Waals surface area contributed by atoms with E-state index in [1.807, 2.05) is 13.8 Å². The highest BCUT2D eigenvalue weighted by molar-refractivity contribution is 5.91. The number of ether oxygens (including phenoxy) is 2. The Kier molecular flexibility index (Phi) is 7.25. The first-order valence-corrected chi connectivity index (χ1v) is 5.58. The summed E-state index contributed by atoms with van der Waals surface area (Å²) in [6.07, 6.45) is 3.41. The molecule has 0 amide bonds. The van der Waals surface area contributed by atoms with Crippen LogP contribution in [0.15, 0.2) is 12.2 Å². The lowest BCUT2D eigenvalue weighted by Crippen LogP contribution is -2.14. The third kappa shape index (κ3) is 7.04. The second-order valence-corrected chi connectivity index (χ2v) is 3.64. The Morgan fingerprint density at radius 1 is 0.938 bits per heavy atom. The number of rotatable bonds is 6. The molecule has 0 bridgehead atoms. The minimum Gasteiger partial charge on any atom is -0.460 e. The van der Waals surface area contributed by atoms with Crippen molar-refractivity contribution in [3.05, 3.63) is 12.2 Å². The van der Waals surface area contributed by atoms with Crippen molar-refractivity contribution in [2.24, 2.45) is 0 Å². The van der Waals surface area contributed by atoms with Gasteiger partial charge in [-0.25, -0.2) is 9.59 Å². The Balaban J connectivity index is 3.98. The first-order chi connectivity index (χ1) is 7.49. The molecule has 4 nitrogen and oxygen atoms in total. The van der Waals surface area contributed by atoms with Crippen molar-refractivity contribution in [2.45, 2.75) is 52.7 Å². The summed E-state index contributed by atoms with van der Waals surface area (Å²) in [5.41, 5.74) is 0. The zero-order valence-electron chi connectivity index (χ0n) is 10.4. The minimum atomic E-state index is -0.518. The summed E-state index contributed by atoms with van der Waals surface area (Å²) < 4.78 is 9.90. The average Bonchev–Trinajstić information content (AvgIpc) is 2.26. The molecular formula is C12H20O4. The highest BCUT2D eigenvalue weighted by atomic mass is 16.5. The lowest BCUT2D eigenvalue weighted by molar-refractivity contribution is -0.145. The van der Waals surface area contributed by atoms with Crippen molar-refractivity contribution in [2.75, 3.05) is 0 Å². The fourth-order valence-corrected chi connectivity index (χ4v) is 0.778. The highest BCUT2D eigenvalue weighted by Crippen LogP contribution is 1.99. The molecule has 92 valence electrons. The largest absolute Gasteiger partial charge is 0.460 e. The van der Waals surface area contributed by atoms with Crippen molar-refractivity contribution in [3.63, 3.8) is 0 Å². The normalized spacial score (nSPS) is 14.5. The van der Waals surface area contributed by atoms with Gasteiger partial charge in [0, 0.05) is 12.2 Å². The van der Waals surface area contributed by atoms with Crippen molar-refractivity contribution >= 4 is 11.9 Å². The van der Waals surface area contributed by atoms with Gasteiger partial charge in [0.15, 0.2) is 0 Å². The molecule has 0 rings (SSSR count). The number of hydrogen-bond donors (Lipinski definition) is 0. The summed E-state index contributed by atoms with van der Waals surface area (Å²) in [7, 11) is 0. The van der Waals surface area contributed by atoms with E-state index in [-0.39, 0.29) is 12.2 Å². The number of carbonyl (C=O) groups excluding carboxylic acids is 2.